The first kappa shape index (κ1) is 10.1. The van der Waals surface area contributed by atoms with Crippen molar-refractivity contribution in [3.8, 4) is 0 Å². The van der Waals surface area contributed by atoms with Crippen LogP contribution in [0.4, 0.5) is 5.69 Å². The van der Waals surface area contributed by atoms with Crippen molar-refractivity contribution in [1.29, 1.82) is 0 Å². The highest BCUT2D eigenvalue weighted by Crippen LogP contribution is 2.23. The van der Waals surface area contributed by atoms with Crippen LogP contribution in [0.15, 0.2) is 18.2 Å². The van der Waals surface area contributed by atoms with Gasteiger partial charge in [0.25, 0.3) is 5.69 Å². The van der Waals surface area contributed by atoms with Crippen molar-refractivity contribution in [3.63, 3.8) is 0 Å². The summed E-state index contributed by atoms with van der Waals surface area (Å²) in [4.78, 5) is 10.0. The summed E-state index contributed by atoms with van der Waals surface area (Å²) < 4.78 is 0. The van der Waals surface area contributed by atoms with E-state index < -0.39 is 4.92 Å². The minimum atomic E-state index is -0.488. The van der Waals surface area contributed by atoms with Crippen LogP contribution in [0.1, 0.15) is 11.1 Å². The Morgan fingerprint density at radius 3 is 2.69 bits per heavy atom. The summed E-state index contributed by atoms with van der Waals surface area (Å²) in [6.45, 7) is -0.307. The van der Waals surface area contributed by atoms with E-state index in [2.05, 4.69) is 15.9 Å². The van der Waals surface area contributed by atoms with Crippen molar-refractivity contribution < 1.29 is 10.0 Å². The molecule has 1 aromatic rings. The lowest BCUT2D eigenvalue weighted by atomic mass is 10.1. The van der Waals surface area contributed by atoms with Crippen LogP contribution >= 0.6 is 15.9 Å². The Balaban J connectivity index is 3.27. The number of alkyl halides is 1. The number of nitro groups is 1. The molecule has 0 saturated carbocycles. The van der Waals surface area contributed by atoms with Crippen LogP contribution in [0.5, 0.6) is 0 Å². The molecule has 0 heterocycles. The van der Waals surface area contributed by atoms with Crippen LogP contribution in [0, 0.1) is 10.1 Å². The third-order valence-corrected chi connectivity index (χ3v) is 2.35. The van der Waals surface area contributed by atoms with Gasteiger partial charge < -0.3 is 5.11 Å². The highest BCUT2D eigenvalue weighted by molar-refractivity contribution is 9.08. The first-order chi connectivity index (χ1) is 6.20. The number of hydrogen-bond acceptors (Lipinski definition) is 3. The highest BCUT2D eigenvalue weighted by atomic mass is 79.9. The molecule has 0 aliphatic heterocycles. The smallest absolute Gasteiger partial charge is 0.275 e. The number of halogens is 1. The molecule has 0 radical (unpaired) electrons. The Bertz CT molecular complexity index is 327. The van der Waals surface area contributed by atoms with Crippen molar-refractivity contribution in [2.45, 2.75) is 11.9 Å². The second-order valence-electron chi connectivity index (χ2n) is 2.46. The number of hydrogen-bond donors (Lipinski definition) is 1. The van der Waals surface area contributed by atoms with Gasteiger partial charge in [0.1, 0.15) is 0 Å². The van der Waals surface area contributed by atoms with Crippen molar-refractivity contribution in [3.05, 3.63) is 39.4 Å². The topological polar surface area (TPSA) is 63.4 Å². The molecule has 0 spiro atoms. The summed E-state index contributed by atoms with van der Waals surface area (Å²) in [6.07, 6.45) is 0. The molecule has 0 fully saturated rings. The molecule has 4 nitrogen and oxygen atoms in total. The Labute approximate surface area is 83.5 Å². The lowest BCUT2D eigenvalue weighted by molar-refractivity contribution is -0.385. The van der Waals surface area contributed by atoms with Crippen molar-refractivity contribution >= 4 is 21.6 Å². The molecule has 0 aromatic heterocycles. The average Bonchev–Trinajstić information content (AvgIpc) is 2.16. The van der Waals surface area contributed by atoms with E-state index in [0.717, 1.165) is 5.56 Å². The Morgan fingerprint density at radius 1 is 1.54 bits per heavy atom. The van der Waals surface area contributed by atoms with Gasteiger partial charge in [-0.15, -0.1) is 0 Å². The number of rotatable bonds is 3. The molecule has 70 valence electrons. The fourth-order valence-electron chi connectivity index (χ4n) is 1.10. The van der Waals surface area contributed by atoms with Gasteiger partial charge in [0.05, 0.1) is 17.1 Å². The van der Waals surface area contributed by atoms with Crippen LogP contribution < -0.4 is 0 Å². The molecule has 0 atom stereocenters. The fraction of sp³-hybridized carbons (Fsp3) is 0.250. The van der Waals surface area contributed by atoms with Gasteiger partial charge in [-0.2, -0.15) is 0 Å². The van der Waals surface area contributed by atoms with E-state index >= 15 is 0 Å². The summed E-state index contributed by atoms with van der Waals surface area (Å²) in [5, 5.41) is 20.0. The maximum absolute atomic E-state index is 10.5. The SMILES string of the molecule is O=[N+]([O-])c1cccc(CBr)c1CO. The van der Waals surface area contributed by atoms with E-state index in [1.54, 1.807) is 12.1 Å². The third-order valence-electron chi connectivity index (χ3n) is 1.75. The van der Waals surface area contributed by atoms with Gasteiger partial charge >= 0.3 is 0 Å². The predicted octanol–water partition coefficient (Wildman–Crippen LogP) is 1.98. The van der Waals surface area contributed by atoms with E-state index in [1.807, 2.05) is 0 Å². The monoisotopic (exact) mass is 245 g/mol. The zero-order valence-corrected chi connectivity index (χ0v) is 8.32. The maximum Gasteiger partial charge on any atom is 0.275 e. The Kier molecular flexibility index (Phi) is 3.39. The zero-order valence-electron chi connectivity index (χ0n) is 6.74. The molecular weight excluding hydrogens is 238 g/mol. The molecule has 0 aliphatic carbocycles. The molecule has 1 N–H and O–H groups in total. The first-order valence-electron chi connectivity index (χ1n) is 3.62. The standard InChI is InChI=1S/C8H8BrNO3/c9-4-6-2-1-3-8(10(12)13)7(6)5-11/h1-3,11H,4-5H2. The second kappa shape index (κ2) is 4.34. The normalized spacial score (nSPS) is 10.0. The van der Waals surface area contributed by atoms with Crippen molar-refractivity contribution in [1.82, 2.24) is 0 Å². The summed E-state index contributed by atoms with van der Waals surface area (Å²) in [7, 11) is 0. The Hall–Kier alpha value is -0.940. The summed E-state index contributed by atoms with van der Waals surface area (Å²) in [6, 6.07) is 4.74. The van der Waals surface area contributed by atoms with Crippen LogP contribution in [-0.2, 0) is 11.9 Å². The highest BCUT2D eigenvalue weighted by Gasteiger charge is 2.15. The third kappa shape index (κ3) is 2.05. The molecule has 1 aromatic carbocycles. The van der Waals surface area contributed by atoms with Gasteiger partial charge in [0.2, 0.25) is 0 Å². The van der Waals surface area contributed by atoms with Gasteiger partial charge in [-0.25, -0.2) is 0 Å². The van der Waals surface area contributed by atoms with Gasteiger partial charge in [0.15, 0.2) is 0 Å². The molecule has 0 saturated heterocycles. The molecule has 13 heavy (non-hydrogen) atoms. The predicted molar refractivity (Wildman–Crippen MR) is 51.7 cm³/mol. The van der Waals surface area contributed by atoms with E-state index in [4.69, 9.17) is 5.11 Å². The quantitative estimate of drug-likeness (QED) is 0.503. The second-order valence-corrected chi connectivity index (χ2v) is 3.02. The molecule has 0 amide bonds. The van der Waals surface area contributed by atoms with Gasteiger partial charge in [-0.05, 0) is 5.56 Å². The average molecular weight is 246 g/mol. The first-order valence-corrected chi connectivity index (χ1v) is 4.74. The minimum Gasteiger partial charge on any atom is -0.391 e. The lowest BCUT2D eigenvalue weighted by Crippen LogP contribution is -1.98. The summed E-state index contributed by atoms with van der Waals surface area (Å²) in [5.41, 5.74) is 1.10. The van der Waals surface area contributed by atoms with Crippen LogP contribution in [0.25, 0.3) is 0 Å². The largest absolute Gasteiger partial charge is 0.391 e. The van der Waals surface area contributed by atoms with Crippen LogP contribution in [-0.4, -0.2) is 10.0 Å². The number of benzene rings is 1. The lowest BCUT2D eigenvalue weighted by Gasteiger charge is -2.03. The van der Waals surface area contributed by atoms with E-state index in [1.165, 1.54) is 6.07 Å². The molecule has 0 aliphatic rings. The molecule has 5 heteroatoms. The van der Waals surface area contributed by atoms with Gasteiger partial charge in [0, 0.05) is 11.4 Å². The molecular formula is C8H8BrNO3. The van der Waals surface area contributed by atoms with Crippen LogP contribution in [0.3, 0.4) is 0 Å². The summed E-state index contributed by atoms with van der Waals surface area (Å²) in [5.74, 6) is 0. The van der Waals surface area contributed by atoms with E-state index in [-0.39, 0.29) is 12.3 Å². The number of aliphatic hydroxyl groups is 1. The van der Waals surface area contributed by atoms with Crippen molar-refractivity contribution in [2.24, 2.45) is 0 Å². The fourth-order valence-corrected chi connectivity index (χ4v) is 1.63. The number of nitro benzene ring substituents is 1. The number of nitrogens with zero attached hydrogens (tertiary/aromatic N) is 1. The van der Waals surface area contributed by atoms with Gasteiger partial charge in [-0.1, -0.05) is 28.1 Å². The molecule has 0 bridgehead atoms. The van der Waals surface area contributed by atoms with Gasteiger partial charge in [-0.3, -0.25) is 10.1 Å². The van der Waals surface area contributed by atoms with E-state index in [0.29, 0.717) is 10.9 Å². The molecule has 0 unspecified atom stereocenters. The summed E-state index contributed by atoms with van der Waals surface area (Å²) >= 11 is 3.20. The zero-order chi connectivity index (χ0) is 9.84. The minimum absolute atomic E-state index is 0.0283. The van der Waals surface area contributed by atoms with Crippen LogP contribution in [0.2, 0.25) is 0 Å². The van der Waals surface area contributed by atoms with E-state index in [9.17, 15) is 10.1 Å². The Morgan fingerprint density at radius 2 is 2.23 bits per heavy atom. The number of aliphatic hydroxyl groups excluding tert-OH is 1. The molecule has 1 rings (SSSR count). The maximum atomic E-state index is 10.5. The van der Waals surface area contributed by atoms with Crippen molar-refractivity contribution in [2.75, 3.05) is 0 Å².